The Morgan fingerprint density at radius 1 is 1.05 bits per heavy atom. The smallest absolute Gasteiger partial charge is 0.121 e. The fourth-order valence-electron chi connectivity index (χ4n) is 2.23. The zero-order chi connectivity index (χ0) is 15.3. The van der Waals surface area contributed by atoms with E-state index in [4.69, 9.17) is 4.74 Å². The first-order valence-electron chi connectivity index (χ1n) is 7.53. The van der Waals surface area contributed by atoms with E-state index < -0.39 is 5.60 Å². The van der Waals surface area contributed by atoms with Crippen LogP contribution >= 0.6 is 0 Å². The van der Waals surface area contributed by atoms with Crippen molar-refractivity contribution in [2.45, 2.75) is 38.7 Å². The highest BCUT2D eigenvalue weighted by Crippen LogP contribution is 2.24. The molecule has 1 N–H and O–H groups in total. The molecular weight excluding hydrogens is 260 g/mol. The quantitative estimate of drug-likeness (QED) is 0.847. The van der Waals surface area contributed by atoms with Crippen LogP contribution in [-0.4, -0.2) is 11.7 Å². The summed E-state index contributed by atoms with van der Waals surface area (Å²) in [6.07, 6.45) is 1.13. The lowest BCUT2D eigenvalue weighted by molar-refractivity contribution is 0.00759. The van der Waals surface area contributed by atoms with E-state index in [0.29, 0.717) is 5.92 Å². The Morgan fingerprint density at radius 2 is 1.67 bits per heavy atom. The summed E-state index contributed by atoms with van der Waals surface area (Å²) in [5.74, 6) is 1.35. The Hall–Kier alpha value is -1.80. The van der Waals surface area contributed by atoms with Crippen molar-refractivity contribution >= 4 is 0 Å². The van der Waals surface area contributed by atoms with Gasteiger partial charge in [-0.3, -0.25) is 0 Å². The van der Waals surface area contributed by atoms with Gasteiger partial charge in [0.1, 0.15) is 18.0 Å². The molecule has 0 aliphatic carbocycles. The zero-order valence-electron chi connectivity index (χ0n) is 13.0. The molecular formula is C19H24O2. The molecule has 0 radical (unpaired) electrons. The molecule has 0 saturated carbocycles. The molecule has 2 nitrogen and oxygen atoms in total. The average molecular weight is 284 g/mol. The van der Waals surface area contributed by atoms with E-state index in [9.17, 15) is 5.11 Å². The lowest BCUT2D eigenvalue weighted by atomic mass is 9.97. The molecule has 2 aromatic rings. The second-order valence-corrected chi connectivity index (χ2v) is 5.81. The molecule has 0 aliphatic rings. The minimum absolute atomic E-state index is 0.236. The van der Waals surface area contributed by atoms with Crippen LogP contribution < -0.4 is 4.74 Å². The summed E-state index contributed by atoms with van der Waals surface area (Å²) < 4.78 is 5.74. The van der Waals surface area contributed by atoms with Crippen molar-refractivity contribution in [1.29, 1.82) is 0 Å². The molecule has 2 heteroatoms. The van der Waals surface area contributed by atoms with Crippen LogP contribution in [0, 0.1) is 0 Å². The predicted octanol–water partition coefficient (Wildman–Crippen LogP) is 4.49. The van der Waals surface area contributed by atoms with Crippen LogP contribution in [0.15, 0.2) is 54.6 Å². The summed E-state index contributed by atoms with van der Waals surface area (Å²) in [4.78, 5) is 0. The van der Waals surface area contributed by atoms with Gasteiger partial charge in [0.25, 0.3) is 0 Å². The van der Waals surface area contributed by atoms with Crippen molar-refractivity contribution in [3.63, 3.8) is 0 Å². The summed E-state index contributed by atoms with van der Waals surface area (Å²) in [5, 5.41) is 10.5. The first kappa shape index (κ1) is 15.6. The highest BCUT2D eigenvalue weighted by Gasteiger charge is 2.23. The van der Waals surface area contributed by atoms with E-state index in [0.717, 1.165) is 17.7 Å². The van der Waals surface area contributed by atoms with Crippen LogP contribution in [0.4, 0.5) is 0 Å². The second-order valence-electron chi connectivity index (χ2n) is 5.81. The van der Waals surface area contributed by atoms with Crippen LogP contribution in [0.2, 0.25) is 0 Å². The van der Waals surface area contributed by atoms with Gasteiger partial charge in [-0.2, -0.15) is 0 Å². The molecule has 2 unspecified atom stereocenters. The minimum Gasteiger partial charge on any atom is -0.490 e. The number of benzene rings is 2. The SMILES string of the molecule is CCC(C)c1ccc(OCC(C)(O)c2ccccc2)cc1. The van der Waals surface area contributed by atoms with Gasteiger partial charge in [-0.15, -0.1) is 0 Å². The predicted molar refractivity (Wildman–Crippen MR) is 86.7 cm³/mol. The normalized spacial score (nSPS) is 15.2. The summed E-state index contributed by atoms with van der Waals surface area (Å²) in [6.45, 7) is 6.41. The van der Waals surface area contributed by atoms with E-state index >= 15 is 0 Å². The average Bonchev–Trinajstić information content (AvgIpc) is 2.53. The summed E-state index contributed by atoms with van der Waals surface area (Å²) in [7, 11) is 0. The Kier molecular flexibility index (Phi) is 5.03. The molecule has 112 valence electrons. The molecule has 0 aromatic heterocycles. The van der Waals surface area contributed by atoms with E-state index in [1.807, 2.05) is 42.5 Å². The van der Waals surface area contributed by atoms with Crippen molar-refractivity contribution in [1.82, 2.24) is 0 Å². The van der Waals surface area contributed by atoms with E-state index in [1.165, 1.54) is 5.56 Å². The van der Waals surface area contributed by atoms with Crippen molar-refractivity contribution in [2.24, 2.45) is 0 Å². The molecule has 0 saturated heterocycles. The molecule has 21 heavy (non-hydrogen) atoms. The summed E-state index contributed by atoms with van der Waals surface area (Å²) in [5.41, 5.74) is 1.19. The first-order valence-corrected chi connectivity index (χ1v) is 7.53. The molecule has 0 spiro atoms. The third-order valence-corrected chi connectivity index (χ3v) is 3.98. The lowest BCUT2D eigenvalue weighted by Crippen LogP contribution is -2.29. The molecule has 2 atom stereocenters. The Morgan fingerprint density at radius 3 is 2.24 bits per heavy atom. The van der Waals surface area contributed by atoms with Gasteiger partial charge < -0.3 is 9.84 Å². The molecule has 0 bridgehead atoms. The topological polar surface area (TPSA) is 29.5 Å². The highest BCUT2D eigenvalue weighted by molar-refractivity contribution is 5.29. The molecule has 0 fully saturated rings. The molecule has 0 amide bonds. The van der Waals surface area contributed by atoms with Gasteiger partial charge in [0.15, 0.2) is 0 Å². The van der Waals surface area contributed by atoms with Crippen LogP contribution in [0.25, 0.3) is 0 Å². The maximum Gasteiger partial charge on any atom is 0.121 e. The van der Waals surface area contributed by atoms with Gasteiger partial charge in [-0.1, -0.05) is 56.3 Å². The number of aliphatic hydroxyl groups is 1. The maximum absolute atomic E-state index is 10.5. The maximum atomic E-state index is 10.5. The number of ether oxygens (including phenoxy) is 1. The number of rotatable bonds is 6. The van der Waals surface area contributed by atoms with E-state index in [-0.39, 0.29) is 6.61 Å². The van der Waals surface area contributed by atoms with Crippen molar-refractivity contribution in [2.75, 3.05) is 6.61 Å². The largest absolute Gasteiger partial charge is 0.490 e. The molecule has 2 rings (SSSR count). The third kappa shape index (κ3) is 4.08. The third-order valence-electron chi connectivity index (χ3n) is 3.98. The van der Waals surface area contributed by atoms with Gasteiger partial charge in [0.2, 0.25) is 0 Å². The van der Waals surface area contributed by atoms with Crippen molar-refractivity contribution in [3.05, 3.63) is 65.7 Å². The van der Waals surface area contributed by atoms with E-state index in [2.05, 4.69) is 26.0 Å². The molecule has 0 aliphatic heterocycles. The second kappa shape index (κ2) is 6.77. The minimum atomic E-state index is -0.989. The van der Waals surface area contributed by atoms with Gasteiger partial charge in [-0.25, -0.2) is 0 Å². The summed E-state index contributed by atoms with van der Waals surface area (Å²) >= 11 is 0. The Balaban J connectivity index is 1.99. The van der Waals surface area contributed by atoms with Gasteiger partial charge in [0, 0.05) is 0 Å². The highest BCUT2D eigenvalue weighted by atomic mass is 16.5. The van der Waals surface area contributed by atoms with Crippen molar-refractivity contribution < 1.29 is 9.84 Å². The first-order chi connectivity index (χ1) is 10.0. The van der Waals surface area contributed by atoms with E-state index in [1.54, 1.807) is 6.92 Å². The standard InChI is InChI=1S/C19H24O2/c1-4-15(2)16-10-12-18(13-11-16)21-14-19(3,20)17-8-6-5-7-9-17/h5-13,15,20H,4,14H2,1-3H3. The number of hydrogen-bond acceptors (Lipinski definition) is 2. The zero-order valence-corrected chi connectivity index (χ0v) is 13.0. The monoisotopic (exact) mass is 284 g/mol. The fraction of sp³-hybridized carbons (Fsp3) is 0.368. The van der Waals surface area contributed by atoms with Crippen LogP contribution in [-0.2, 0) is 5.60 Å². The van der Waals surface area contributed by atoms with Gasteiger partial charge in [-0.05, 0) is 42.5 Å². The fourth-order valence-corrected chi connectivity index (χ4v) is 2.23. The summed E-state index contributed by atoms with van der Waals surface area (Å²) in [6, 6.07) is 17.8. The number of hydrogen-bond donors (Lipinski definition) is 1. The molecule has 0 heterocycles. The van der Waals surface area contributed by atoms with Crippen molar-refractivity contribution in [3.8, 4) is 5.75 Å². The van der Waals surface area contributed by atoms with Crippen LogP contribution in [0.3, 0.4) is 0 Å². The Bertz CT molecular complexity index is 544. The van der Waals surface area contributed by atoms with Gasteiger partial charge >= 0.3 is 0 Å². The Labute approximate surface area is 127 Å². The van der Waals surface area contributed by atoms with Crippen LogP contribution in [0.5, 0.6) is 5.75 Å². The lowest BCUT2D eigenvalue weighted by Gasteiger charge is -2.24. The van der Waals surface area contributed by atoms with Gasteiger partial charge in [0.05, 0.1) is 0 Å². The molecule has 2 aromatic carbocycles. The van der Waals surface area contributed by atoms with Crippen LogP contribution in [0.1, 0.15) is 44.2 Å².